The highest BCUT2D eigenvalue weighted by molar-refractivity contribution is 6.01. The van der Waals surface area contributed by atoms with Crippen molar-refractivity contribution in [2.75, 3.05) is 26.8 Å². The standard InChI is InChI=1S/C16H22N2O4/c1-10(2)14(21-3)9-18-15(19)11-4-5-13-12(8-11)16(20)17-6-7-22-13/h4-5,8,10,14H,6-7,9H2,1-3H3,(H,17,20)(H,18,19). The fourth-order valence-electron chi connectivity index (χ4n) is 2.28. The average Bonchev–Trinajstić information content (AvgIpc) is 2.69. The minimum Gasteiger partial charge on any atom is -0.491 e. The van der Waals surface area contributed by atoms with Crippen LogP contribution in [0.5, 0.6) is 5.75 Å². The minimum absolute atomic E-state index is 0.0450. The smallest absolute Gasteiger partial charge is 0.255 e. The molecule has 120 valence electrons. The van der Waals surface area contributed by atoms with Crippen LogP contribution < -0.4 is 15.4 Å². The summed E-state index contributed by atoms with van der Waals surface area (Å²) < 4.78 is 10.8. The number of ether oxygens (including phenoxy) is 2. The summed E-state index contributed by atoms with van der Waals surface area (Å²) in [6.45, 7) is 5.37. The van der Waals surface area contributed by atoms with Gasteiger partial charge < -0.3 is 20.1 Å². The van der Waals surface area contributed by atoms with Gasteiger partial charge in [0.15, 0.2) is 0 Å². The number of methoxy groups -OCH3 is 1. The fraction of sp³-hybridized carbons (Fsp3) is 0.500. The van der Waals surface area contributed by atoms with Gasteiger partial charge in [0.05, 0.1) is 18.2 Å². The second kappa shape index (κ2) is 7.26. The molecule has 0 radical (unpaired) electrons. The molecule has 1 heterocycles. The Morgan fingerprint density at radius 3 is 2.91 bits per heavy atom. The van der Waals surface area contributed by atoms with Crippen molar-refractivity contribution in [2.45, 2.75) is 20.0 Å². The third kappa shape index (κ3) is 3.76. The first-order chi connectivity index (χ1) is 10.5. The van der Waals surface area contributed by atoms with Crippen molar-refractivity contribution in [2.24, 2.45) is 5.92 Å². The summed E-state index contributed by atoms with van der Waals surface area (Å²) in [5, 5.41) is 5.56. The highest BCUT2D eigenvalue weighted by atomic mass is 16.5. The normalized spacial score (nSPS) is 15.4. The lowest BCUT2D eigenvalue weighted by molar-refractivity contribution is 0.0605. The van der Waals surface area contributed by atoms with E-state index in [1.54, 1.807) is 25.3 Å². The Balaban J connectivity index is 2.09. The Labute approximate surface area is 130 Å². The molecule has 0 bridgehead atoms. The van der Waals surface area contributed by atoms with Crippen LogP contribution in [0.25, 0.3) is 0 Å². The lowest BCUT2D eigenvalue weighted by Crippen LogP contribution is -2.36. The maximum absolute atomic E-state index is 12.2. The summed E-state index contributed by atoms with van der Waals surface area (Å²) in [7, 11) is 1.63. The molecule has 0 spiro atoms. The summed E-state index contributed by atoms with van der Waals surface area (Å²) in [5.41, 5.74) is 0.815. The number of amides is 2. The molecule has 0 saturated carbocycles. The van der Waals surface area contributed by atoms with Gasteiger partial charge in [-0.15, -0.1) is 0 Å². The van der Waals surface area contributed by atoms with E-state index in [1.165, 1.54) is 0 Å². The van der Waals surface area contributed by atoms with E-state index in [0.29, 0.717) is 42.5 Å². The molecule has 6 nitrogen and oxygen atoms in total. The van der Waals surface area contributed by atoms with Gasteiger partial charge in [0.25, 0.3) is 11.8 Å². The predicted molar refractivity (Wildman–Crippen MR) is 82.2 cm³/mol. The molecule has 1 aliphatic heterocycles. The molecule has 2 amide bonds. The molecule has 1 unspecified atom stereocenters. The van der Waals surface area contributed by atoms with Crippen LogP contribution in [0, 0.1) is 5.92 Å². The Hall–Kier alpha value is -2.08. The van der Waals surface area contributed by atoms with Crippen molar-refractivity contribution < 1.29 is 19.1 Å². The molecule has 22 heavy (non-hydrogen) atoms. The van der Waals surface area contributed by atoms with Gasteiger partial charge in [-0.3, -0.25) is 9.59 Å². The summed E-state index contributed by atoms with van der Waals surface area (Å²) in [6.07, 6.45) is -0.0450. The SMILES string of the molecule is COC(CNC(=O)c1ccc2c(c1)C(=O)NCCO2)C(C)C. The van der Waals surface area contributed by atoms with Crippen molar-refractivity contribution in [3.05, 3.63) is 29.3 Å². The third-order valence-electron chi connectivity index (χ3n) is 3.64. The summed E-state index contributed by atoms with van der Waals surface area (Å²) in [4.78, 5) is 24.2. The first-order valence-electron chi connectivity index (χ1n) is 7.39. The largest absolute Gasteiger partial charge is 0.491 e. The van der Waals surface area contributed by atoms with Crippen LogP contribution in [0.4, 0.5) is 0 Å². The Bertz CT molecular complexity index is 557. The van der Waals surface area contributed by atoms with Crippen LogP contribution in [-0.4, -0.2) is 44.7 Å². The number of carbonyl (C=O) groups is 2. The van der Waals surface area contributed by atoms with E-state index in [9.17, 15) is 9.59 Å². The molecule has 0 saturated heterocycles. The number of benzene rings is 1. The van der Waals surface area contributed by atoms with Gasteiger partial charge in [-0.1, -0.05) is 13.8 Å². The molecule has 1 aromatic rings. The van der Waals surface area contributed by atoms with Crippen LogP contribution >= 0.6 is 0 Å². The Morgan fingerprint density at radius 2 is 2.23 bits per heavy atom. The molecule has 0 aromatic heterocycles. The first-order valence-corrected chi connectivity index (χ1v) is 7.39. The van der Waals surface area contributed by atoms with Crippen LogP contribution in [0.2, 0.25) is 0 Å². The monoisotopic (exact) mass is 306 g/mol. The molecule has 2 rings (SSSR count). The van der Waals surface area contributed by atoms with Gasteiger partial charge in [0.1, 0.15) is 12.4 Å². The van der Waals surface area contributed by atoms with E-state index in [2.05, 4.69) is 10.6 Å². The zero-order valence-electron chi connectivity index (χ0n) is 13.1. The number of carbonyl (C=O) groups excluding carboxylic acids is 2. The molecule has 0 fully saturated rings. The Kier molecular flexibility index (Phi) is 5.38. The molecule has 1 atom stereocenters. The molecule has 1 aromatic carbocycles. The summed E-state index contributed by atoms with van der Waals surface area (Å²) in [6, 6.07) is 4.87. The number of hydrogen-bond acceptors (Lipinski definition) is 4. The first kappa shape index (κ1) is 16.3. The van der Waals surface area contributed by atoms with Crippen molar-refractivity contribution in [3.8, 4) is 5.75 Å². The van der Waals surface area contributed by atoms with Crippen molar-refractivity contribution in [1.82, 2.24) is 10.6 Å². The lowest BCUT2D eigenvalue weighted by Gasteiger charge is -2.19. The van der Waals surface area contributed by atoms with Crippen molar-refractivity contribution in [1.29, 1.82) is 0 Å². The minimum atomic E-state index is -0.234. The second-order valence-corrected chi connectivity index (χ2v) is 5.54. The zero-order valence-corrected chi connectivity index (χ0v) is 13.1. The zero-order chi connectivity index (χ0) is 16.1. The van der Waals surface area contributed by atoms with Crippen molar-refractivity contribution in [3.63, 3.8) is 0 Å². The van der Waals surface area contributed by atoms with E-state index < -0.39 is 0 Å². The molecule has 1 aliphatic rings. The van der Waals surface area contributed by atoms with Gasteiger partial charge in [0.2, 0.25) is 0 Å². The highest BCUT2D eigenvalue weighted by Crippen LogP contribution is 2.21. The van der Waals surface area contributed by atoms with Gasteiger partial charge >= 0.3 is 0 Å². The molecular weight excluding hydrogens is 284 g/mol. The van der Waals surface area contributed by atoms with E-state index in [1.807, 2.05) is 13.8 Å². The number of hydrogen-bond donors (Lipinski definition) is 2. The van der Waals surface area contributed by atoms with E-state index in [-0.39, 0.29) is 17.9 Å². The van der Waals surface area contributed by atoms with Gasteiger partial charge in [-0.05, 0) is 24.1 Å². The number of fused-ring (bicyclic) bond motifs is 1. The molecule has 6 heteroatoms. The summed E-state index contributed by atoms with van der Waals surface area (Å²) >= 11 is 0. The lowest BCUT2D eigenvalue weighted by atomic mass is 10.1. The molecule has 2 N–H and O–H groups in total. The van der Waals surface area contributed by atoms with Crippen molar-refractivity contribution >= 4 is 11.8 Å². The number of nitrogens with one attached hydrogen (secondary N) is 2. The van der Waals surface area contributed by atoms with E-state index in [4.69, 9.17) is 9.47 Å². The van der Waals surface area contributed by atoms with E-state index >= 15 is 0 Å². The van der Waals surface area contributed by atoms with Gasteiger partial charge in [-0.2, -0.15) is 0 Å². The van der Waals surface area contributed by atoms with Crippen LogP contribution in [0.3, 0.4) is 0 Å². The van der Waals surface area contributed by atoms with E-state index in [0.717, 1.165) is 0 Å². The number of rotatable bonds is 5. The third-order valence-corrected chi connectivity index (χ3v) is 3.64. The van der Waals surface area contributed by atoms with Crippen LogP contribution in [0.15, 0.2) is 18.2 Å². The average molecular weight is 306 g/mol. The topological polar surface area (TPSA) is 76.7 Å². The van der Waals surface area contributed by atoms with Crippen LogP contribution in [0.1, 0.15) is 34.6 Å². The maximum atomic E-state index is 12.2. The van der Waals surface area contributed by atoms with Gasteiger partial charge in [-0.25, -0.2) is 0 Å². The van der Waals surface area contributed by atoms with Crippen LogP contribution in [-0.2, 0) is 4.74 Å². The predicted octanol–water partition coefficient (Wildman–Crippen LogP) is 1.21. The van der Waals surface area contributed by atoms with Gasteiger partial charge in [0, 0.05) is 19.2 Å². The Morgan fingerprint density at radius 1 is 1.45 bits per heavy atom. The quantitative estimate of drug-likeness (QED) is 0.857. The fourth-order valence-corrected chi connectivity index (χ4v) is 2.28. The summed E-state index contributed by atoms with van der Waals surface area (Å²) in [5.74, 6) is 0.349. The maximum Gasteiger partial charge on any atom is 0.255 e. The highest BCUT2D eigenvalue weighted by Gasteiger charge is 2.19. The molecular formula is C16H22N2O4. The second-order valence-electron chi connectivity index (χ2n) is 5.54. The molecule has 0 aliphatic carbocycles.